The Balaban J connectivity index is 2.13. The lowest BCUT2D eigenvalue weighted by Crippen LogP contribution is -2.43. The molecule has 1 atom stereocenters. The minimum absolute atomic E-state index is 0.0532. The van der Waals surface area contributed by atoms with Gasteiger partial charge in [-0.05, 0) is 38.3 Å². The van der Waals surface area contributed by atoms with Crippen LogP contribution in [0.4, 0.5) is 5.82 Å². The maximum atomic E-state index is 5.82. The van der Waals surface area contributed by atoms with Gasteiger partial charge in [0.05, 0.1) is 12.1 Å². The number of rotatable bonds is 2. The molecule has 1 unspecified atom stereocenters. The number of anilines is 1. The molecule has 1 saturated heterocycles. The Labute approximate surface area is 100 Å². The van der Waals surface area contributed by atoms with Gasteiger partial charge >= 0.3 is 0 Å². The predicted octanol–water partition coefficient (Wildman–Crippen LogP) is 2.42. The van der Waals surface area contributed by atoms with E-state index < -0.39 is 0 Å². The van der Waals surface area contributed by atoms with E-state index in [0.717, 1.165) is 31.0 Å². The monoisotopic (exact) mass is 241 g/mol. The molecule has 0 saturated carbocycles. The van der Waals surface area contributed by atoms with Gasteiger partial charge in [-0.15, -0.1) is 0 Å². The van der Waals surface area contributed by atoms with E-state index in [1.54, 1.807) is 0 Å². The molecule has 1 aromatic rings. The number of hydrogen-bond acceptors (Lipinski definition) is 4. The lowest BCUT2D eigenvalue weighted by atomic mass is 9.95. The molecule has 1 aliphatic rings. The molecule has 0 aromatic carbocycles. The average molecular weight is 242 g/mol. The van der Waals surface area contributed by atoms with Gasteiger partial charge in [0.25, 0.3) is 0 Å². The standard InChI is InChI=1S/C11H16ClN3O/c1-8-6-9(14-10(12)13-8)15-11(2)4-3-5-16-7-11/h6H,3-5,7H2,1-2H3,(H,13,14,15). The number of nitrogens with zero attached hydrogens (tertiary/aromatic N) is 2. The van der Waals surface area contributed by atoms with Crippen LogP contribution in [-0.2, 0) is 4.74 Å². The summed E-state index contributed by atoms with van der Waals surface area (Å²) < 4.78 is 5.48. The smallest absolute Gasteiger partial charge is 0.224 e. The van der Waals surface area contributed by atoms with Gasteiger partial charge in [0, 0.05) is 18.4 Å². The maximum Gasteiger partial charge on any atom is 0.224 e. The average Bonchev–Trinajstić information content (AvgIpc) is 2.15. The Kier molecular flexibility index (Phi) is 3.30. The van der Waals surface area contributed by atoms with Crippen molar-refractivity contribution in [3.8, 4) is 0 Å². The summed E-state index contributed by atoms with van der Waals surface area (Å²) in [4.78, 5) is 8.19. The van der Waals surface area contributed by atoms with Crippen molar-refractivity contribution in [3.63, 3.8) is 0 Å². The van der Waals surface area contributed by atoms with E-state index >= 15 is 0 Å². The molecule has 5 heteroatoms. The second kappa shape index (κ2) is 4.55. The highest BCUT2D eigenvalue weighted by Gasteiger charge is 2.27. The van der Waals surface area contributed by atoms with E-state index in [1.165, 1.54) is 0 Å². The molecule has 0 aliphatic carbocycles. The van der Waals surface area contributed by atoms with E-state index in [-0.39, 0.29) is 10.8 Å². The van der Waals surface area contributed by atoms with Gasteiger partial charge in [-0.2, -0.15) is 0 Å². The minimum Gasteiger partial charge on any atom is -0.379 e. The summed E-state index contributed by atoms with van der Waals surface area (Å²) >= 11 is 5.82. The van der Waals surface area contributed by atoms with Crippen LogP contribution >= 0.6 is 11.6 Å². The van der Waals surface area contributed by atoms with Crippen LogP contribution in [0.1, 0.15) is 25.5 Å². The summed E-state index contributed by atoms with van der Waals surface area (Å²) in [6.45, 7) is 5.59. The Morgan fingerprint density at radius 2 is 2.31 bits per heavy atom. The van der Waals surface area contributed by atoms with Crippen LogP contribution in [0.2, 0.25) is 5.28 Å². The van der Waals surface area contributed by atoms with Crippen molar-refractivity contribution in [1.29, 1.82) is 0 Å². The van der Waals surface area contributed by atoms with Crippen molar-refractivity contribution >= 4 is 17.4 Å². The van der Waals surface area contributed by atoms with Crippen LogP contribution in [0.3, 0.4) is 0 Å². The molecule has 1 fully saturated rings. The third-order valence-corrected chi connectivity index (χ3v) is 2.86. The van der Waals surface area contributed by atoms with Gasteiger partial charge in [0.1, 0.15) is 5.82 Å². The molecule has 1 N–H and O–H groups in total. The highest BCUT2D eigenvalue weighted by atomic mass is 35.5. The van der Waals surface area contributed by atoms with Crippen molar-refractivity contribution in [1.82, 2.24) is 9.97 Å². The lowest BCUT2D eigenvalue weighted by Gasteiger charge is -2.34. The Hall–Kier alpha value is -0.870. The zero-order valence-electron chi connectivity index (χ0n) is 9.59. The number of halogens is 1. The molecular formula is C11H16ClN3O. The maximum absolute atomic E-state index is 5.82. The van der Waals surface area contributed by atoms with E-state index in [9.17, 15) is 0 Å². The molecule has 1 aromatic heterocycles. The first-order valence-electron chi connectivity index (χ1n) is 5.45. The van der Waals surface area contributed by atoms with Gasteiger partial charge in [-0.3, -0.25) is 0 Å². The highest BCUT2D eigenvalue weighted by Crippen LogP contribution is 2.23. The van der Waals surface area contributed by atoms with Crippen LogP contribution in [0.5, 0.6) is 0 Å². The largest absolute Gasteiger partial charge is 0.379 e. The molecule has 2 heterocycles. The van der Waals surface area contributed by atoms with Gasteiger partial charge in [-0.25, -0.2) is 9.97 Å². The fourth-order valence-electron chi connectivity index (χ4n) is 1.94. The van der Waals surface area contributed by atoms with E-state index in [1.807, 2.05) is 13.0 Å². The Bertz CT molecular complexity index is 357. The molecule has 0 spiro atoms. The zero-order valence-corrected chi connectivity index (χ0v) is 10.3. The molecule has 2 rings (SSSR count). The van der Waals surface area contributed by atoms with E-state index in [4.69, 9.17) is 16.3 Å². The minimum atomic E-state index is -0.0532. The third-order valence-electron chi connectivity index (χ3n) is 2.69. The Morgan fingerprint density at radius 1 is 1.50 bits per heavy atom. The van der Waals surface area contributed by atoms with Crippen molar-refractivity contribution in [2.45, 2.75) is 32.2 Å². The fourth-order valence-corrected chi connectivity index (χ4v) is 2.16. The zero-order chi connectivity index (χ0) is 11.6. The second-order valence-corrected chi connectivity index (χ2v) is 4.84. The first-order chi connectivity index (χ1) is 7.57. The summed E-state index contributed by atoms with van der Waals surface area (Å²) in [7, 11) is 0. The number of ether oxygens (including phenoxy) is 1. The van der Waals surface area contributed by atoms with Gasteiger partial charge in [0.2, 0.25) is 5.28 Å². The molecule has 16 heavy (non-hydrogen) atoms. The van der Waals surface area contributed by atoms with E-state index in [0.29, 0.717) is 6.61 Å². The molecular weight excluding hydrogens is 226 g/mol. The van der Waals surface area contributed by atoms with Gasteiger partial charge in [-0.1, -0.05) is 0 Å². The molecule has 1 aliphatic heterocycles. The first-order valence-corrected chi connectivity index (χ1v) is 5.82. The second-order valence-electron chi connectivity index (χ2n) is 4.51. The van der Waals surface area contributed by atoms with E-state index in [2.05, 4.69) is 22.2 Å². The number of hydrogen-bond donors (Lipinski definition) is 1. The fraction of sp³-hybridized carbons (Fsp3) is 0.636. The number of nitrogens with one attached hydrogen (secondary N) is 1. The summed E-state index contributed by atoms with van der Waals surface area (Å²) in [5, 5.41) is 3.66. The topological polar surface area (TPSA) is 47.0 Å². The first kappa shape index (κ1) is 11.6. The summed E-state index contributed by atoms with van der Waals surface area (Å²) in [6.07, 6.45) is 2.15. The summed E-state index contributed by atoms with van der Waals surface area (Å²) in [5.74, 6) is 0.769. The molecule has 0 bridgehead atoms. The van der Waals surface area contributed by atoms with Gasteiger partial charge in [0.15, 0.2) is 0 Å². The lowest BCUT2D eigenvalue weighted by molar-refractivity contribution is 0.0539. The van der Waals surface area contributed by atoms with Crippen LogP contribution in [0.25, 0.3) is 0 Å². The summed E-state index contributed by atoms with van der Waals surface area (Å²) in [5.41, 5.74) is 0.811. The van der Waals surface area contributed by atoms with Crippen LogP contribution < -0.4 is 5.32 Å². The highest BCUT2D eigenvalue weighted by molar-refractivity contribution is 6.28. The van der Waals surface area contributed by atoms with Crippen molar-refractivity contribution in [3.05, 3.63) is 17.0 Å². The number of aromatic nitrogens is 2. The van der Waals surface area contributed by atoms with Crippen LogP contribution in [0.15, 0.2) is 6.07 Å². The quantitative estimate of drug-likeness (QED) is 0.808. The number of aryl methyl sites for hydroxylation is 1. The normalized spacial score (nSPS) is 25.4. The molecule has 4 nitrogen and oxygen atoms in total. The Morgan fingerprint density at radius 3 is 2.94 bits per heavy atom. The van der Waals surface area contributed by atoms with Crippen molar-refractivity contribution in [2.75, 3.05) is 18.5 Å². The summed E-state index contributed by atoms with van der Waals surface area (Å²) in [6, 6.07) is 1.89. The van der Waals surface area contributed by atoms with Crippen LogP contribution in [0, 0.1) is 6.92 Å². The molecule has 88 valence electrons. The van der Waals surface area contributed by atoms with Crippen LogP contribution in [-0.4, -0.2) is 28.7 Å². The van der Waals surface area contributed by atoms with Crippen molar-refractivity contribution in [2.24, 2.45) is 0 Å². The molecule has 0 amide bonds. The third kappa shape index (κ3) is 2.83. The van der Waals surface area contributed by atoms with Gasteiger partial charge < -0.3 is 10.1 Å². The molecule has 0 radical (unpaired) electrons. The predicted molar refractivity (Wildman–Crippen MR) is 63.9 cm³/mol. The van der Waals surface area contributed by atoms with Crippen molar-refractivity contribution < 1.29 is 4.74 Å². The SMILES string of the molecule is Cc1cc(NC2(C)CCCOC2)nc(Cl)n1.